The monoisotopic (exact) mass is 228 g/mol. The number of nitrogens with two attached hydrogens (primary N) is 1. The summed E-state index contributed by atoms with van der Waals surface area (Å²) in [5, 5.41) is 0. The highest BCUT2D eigenvalue weighted by Crippen LogP contribution is 2.18. The second kappa shape index (κ2) is 5.03. The Balaban J connectivity index is 2.69. The molecule has 2 N–H and O–H groups in total. The third kappa shape index (κ3) is 3.27. The van der Waals surface area contributed by atoms with Crippen molar-refractivity contribution in [2.75, 3.05) is 6.61 Å². The average molecular weight is 228 g/mol. The fourth-order valence-electron chi connectivity index (χ4n) is 1.08. The highest BCUT2D eigenvalue weighted by atomic mass is 19.3. The zero-order valence-corrected chi connectivity index (χ0v) is 9.04. The van der Waals surface area contributed by atoms with Gasteiger partial charge in [-0.15, -0.1) is 0 Å². The van der Waals surface area contributed by atoms with Crippen LogP contribution in [0.1, 0.15) is 11.1 Å². The standard InChI is InChI=1S/C11H14F2N2O/c1-3-11(12,13)7-16-10-4-8(2)9(5-14)6-15-10/h3-4,6H,1,5,7,14H2,2H3. The van der Waals surface area contributed by atoms with E-state index in [0.29, 0.717) is 12.6 Å². The lowest BCUT2D eigenvalue weighted by molar-refractivity contribution is 0.00392. The van der Waals surface area contributed by atoms with Crippen LogP contribution in [0.15, 0.2) is 24.9 Å². The molecule has 1 aromatic heterocycles. The van der Waals surface area contributed by atoms with E-state index in [2.05, 4.69) is 11.6 Å². The van der Waals surface area contributed by atoms with E-state index >= 15 is 0 Å². The van der Waals surface area contributed by atoms with E-state index < -0.39 is 12.5 Å². The predicted molar refractivity (Wildman–Crippen MR) is 57.5 cm³/mol. The molecule has 0 radical (unpaired) electrons. The van der Waals surface area contributed by atoms with Crippen molar-refractivity contribution in [3.05, 3.63) is 36.0 Å². The van der Waals surface area contributed by atoms with Crippen molar-refractivity contribution in [2.45, 2.75) is 19.4 Å². The molecule has 0 bridgehead atoms. The van der Waals surface area contributed by atoms with Gasteiger partial charge in [-0.2, -0.15) is 8.78 Å². The molecule has 16 heavy (non-hydrogen) atoms. The number of rotatable bonds is 5. The molecule has 0 aromatic carbocycles. The fourth-order valence-corrected chi connectivity index (χ4v) is 1.08. The summed E-state index contributed by atoms with van der Waals surface area (Å²) in [6, 6.07) is 1.58. The smallest absolute Gasteiger partial charge is 0.299 e. The van der Waals surface area contributed by atoms with Crippen LogP contribution in [0.3, 0.4) is 0 Å². The van der Waals surface area contributed by atoms with Crippen molar-refractivity contribution >= 4 is 0 Å². The van der Waals surface area contributed by atoms with Gasteiger partial charge in [0.2, 0.25) is 5.88 Å². The molecule has 0 aliphatic heterocycles. The maximum absolute atomic E-state index is 12.8. The van der Waals surface area contributed by atoms with Crippen LogP contribution in [0.5, 0.6) is 5.88 Å². The second-order valence-electron chi connectivity index (χ2n) is 3.41. The topological polar surface area (TPSA) is 48.1 Å². The molecule has 0 atom stereocenters. The Kier molecular flexibility index (Phi) is 3.95. The van der Waals surface area contributed by atoms with Gasteiger partial charge in [0.05, 0.1) is 0 Å². The number of hydrogen-bond acceptors (Lipinski definition) is 3. The first-order valence-corrected chi connectivity index (χ1v) is 4.78. The summed E-state index contributed by atoms with van der Waals surface area (Å²) in [5.41, 5.74) is 7.18. The zero-order chi connectivity index (χ0) is 12.2. The van der Waals surface area contributed by atoms with Crippen molar-refractivity contribution in [1.82, 2.24) is 4.98 Å². The van der Waals surface area contributed by atoms with Crippen LogP contribution in [0.25, 0.3) is 0 Å². The van der Waals surface area contributed by atoms with Crippen LogP contribution in [0, 0.1) is 6.92 Å². The molecule has 5 heteroatoms. The molecule has 1 heterocycles. The predicted octanol–water partition coefficient (Wildman–Crippen LogP) is 2.05. The number of aryl methyl sites for hydroxylation is 1. The minimum Gasteiger partial charge on any atom is -0.471 e. The molecular formula is C11H14F2N2O. The molecule has 88 valence electrons. The Morgan fingerprint density at radius 1 is 1.62 bits per heavy atom. The van der Waals surface area contributed by atoms with E-state index in [-0.39, 0.29) is 5.88 Å². The molecule has 0 aliphatic carbocycles. The molecule has 0 unspecified atom stereocenters. The Bertz CT molecular complexity index is 380. The molecule has 3 nitrogen and oxygen atoms in total. The van der Waals surface area contributed by atoms with Gasteiger partial charge >= 0.3 is 0 Å². The summed E-state index contributed by atoms with van der Waals surface area (Å²) < 4.78 is 30.5. The first kappa shape index (κ1) is 12.6. The molecule has 0 saturated carbocycles. The SMILES string of the molecule is C=CC(F)(F)COc1cc(C)c(CN)cn1. The van der Waals surface area contributed by atoms with Gasteiger partial charge in [-0.3, -0.25) is 0 Å². The van der Waals surface area contributed by atoms with Gasteiger partial charge in [0.25, 0.3) is 5.92 Å². The number of nitrogens with zero attached hydrogens (tertiary/aromatic N) is 1. The molecule has 0 aliphatic rings. The lowest BCUT2D eigenvalue weighted by Crippen LogP contribution is -2.22. The summed E-state index contributed by atoms with van der Waals surface area (Å²) in [5.74, 6) is -2.88. The van der Waals surface area contributed by atoms with Crippen LogP contribution < -0.4 is 10.5 Å². The van der Waals surface area contributed by atoms with Gasteiger partial charge in [-0.1, -0.05) is 6.58 Å². The van der Waals surface area contributed by atoms with Crippen molar-refractivity contribution in [3.63, 3.8) is 0 Å². The van der Waals surface area contributed by atoms with Crippen LogP contribution in [0.2, 0.25) is 0 Å². The number of aromatic nitrogens is 1. The molecule has 1 rings (SSSR count). The van der Waals surface area contributed by atoms with Crippen LogP contribution in [-0.4, -0.2) is 17.5 Å². The second-order valence-corrected chi connectivity index (χ2v) is 3.41. The van der Waals surface area contributed by atoms with Crippen molar-refractivity contribution < 1.29 is 13.5 Å². The minimum absolute atomic E-state index is 0.163. The number of alkyl halides is 2. The first-order chi connectivity index (χ1) is 7.48. The highest BCUT2D eigenvalue weighted by Gasteiger charge is 2.25. The molecule has 0 fully saturated rings. The van der Waals surface area contributed by atoms with Gasteiger partial charge in [0.1, 0.15) is 0 Å². The quantitative estimate of drug-likeness (QED) is 0.784. The normalized spacial score (nSPS) is 11.2. The van der Waals surface area contributed by atoms with Crippen LogP contribution in [-0.2, 0) is 6.54 Å². The molecular weight excluding hydrogens is 214 g/mol. The fraction of sp³-hybridized carbons (Fsp3) is 0.364. The number of hydrogen-bond donors (Lipinski definition) is 1. The van der Waals surface area contributed by atoms with E-state index in [9.17, 15) is 8.78 Å². The van der Waals surface area contributed by atoms with Gasteiger partial charge in [-0.05, 0) is 24.1 Å². The Hall–Kier alpha value is -1.49. The Morgan fingerprint density at radius 2 is 2.31 bits per heavy atom. The minimum atomic E-state index is -3.04. The van der Waals surface area contributed by atoms with E-state index in [1.54, 1.807) is 6.07 Å². The van der Waals surface area contributed by atoms with E-state index in [1.165, 1.54) is 6.20 Å². The summed E-state index contributed by atoms with van der Waals surface area (Å²) in [4.78, 5) is 3.88. The van der Waals surface area contributed by atoms with Gasteiger partial charge in [-0.25, -0.2) is 4.98 Å². The number of ether oxygens (including phenoxy) is 1. The van der Waals surface area contributed by atoms with Crippen molar-refractivity contribution in [2.24, 2.45) is 5.73 Å². The maximum Gasteiger partial charge on any atom is 0.299 e. The third-order valence-electron chi connectivity index (χ3n) is 2.13. The highest BCUT2D eigenvalue weighted by molar-refractivity contribution is 5.27. The summed E-state index contributed by atoms with van der Waals surface area (Å²) in [6.45, 7) is 4.45. The van der Waals surface area contributed by atoms with Crippen LogP contribution in [0.4, 0.5) is 8.78 Å². The summed E-state index contributed by atoms with van der Waals surface area (Å²) in [6.07, 6.45) is 2.07. The average Bonchev–Trinajstić information content (AvgIpc) is 2.27. The molecule has 1 aromatic rings. The van der Waals surface area contributed by atoms with E-state index in [1.807, 2.05) is 6.92 Å². The lowest BCUT2D eigenvalue weighted by atomic mass is 10.2. The lowest BCUT2D eigenvalue weighted by Gasteiger charge is -2.13. The zero-order valence-electron chi connectivity index (χ0n) is 9.04. The van der Waals surface area contributed by atoms with E-state index in [0.717, 1.165) is 11.1 Å². The number of pyridine rings is 1. The van der Waals surface area contributed by atoms with Gasteiger partial charge in [0.15, 0.2) is 6.61 Å². The largest absolute Gasteiger partial charge is 0.471 e. The summed E-state index contributed by atoms with van der Waals surface area (Å²) >= 11 is 0. The molecule has 0 saturated heterocycles. The van der Waals surface area contributed by atoms with Crippen molar-refractivity contribution in [1.29, 1.82) is 0 Å². The molecule has 0 amide bonds. The third-order valence-corrected chi connectivity index (χ3v) is 2.13. The van der Waals surface area contributed by atoms with Gasteiger partial charge in [0, 0.05) is 18.8 Å². The van der Waals surface area contributed by atoms with E-state index in [4.69, 9.17) is 10.5 Å². The first-order valence-electron chi connectivity index (χ1n) is 4.78. The van der Waals surface area contributed by atoms with Gasteiger partial charge < -0.3 is 10.5 Å². The number of halogens is 2. The van der Waals surface area contributed by atoms with Crippen LogP contribution >= 0.6 is 0 Å². The molecule has 0 spiro atoms. The maximum atomic E-state index is 12.8. The Morgan fingerprint density at radius 3 is 2.81 bits per heavy atom. The Labute approximate surface area is 92.9 Å². The summed E-state index contributed by atoms with van der Waals surface area (Å²) in [7, 11) is 0. The van der Waals surface area contributed by atoms with Crippen molar-refractivity contribution in [3.8, 4) is 5.88 Å².